The molecule has 0 saturated heterocycles. The molecule has 0 amide bonds. The highest BCUT2D eigenvalue weighted by molar-refractivity contribution is 5.30. The number of hydrogen-bond donors (Lipinski definition) is 0. The Balaban J connectivity index is 0.00000101. The average Bonchev–Trinajstić information content (AvgIpc) is 3.52. The number of benzene rings is 2. The van der Waals surface area contributed by atoms with Crippen LogP contribution in [0.1, 0.15) is 55.7 Å². The standard InChI is InChI=1S/C23H28F3N.C2H3N/c1-3-20(27(2)16-18-7-5-4-6-8-18)14-11-17-9-12-19(13-10-17)21-15-22(21)23(24,25)26;1-2-3/h4-10,12-13,20-22H,3,11,14-16H2,1-2H3;1H3. The van der Waals surface area contributed by atoms with Gasteiger partial charge < -0.3 is 0 Å². The van der Waals surface area contributed by atoms with Crippen molar-refractivity contribution in [2.24, 2.45) is 5.92 Å². The number of halogens is 3. The van der Waals surface area contributed by atoms with Crippen molar-refractivity contribution in [2.45, 2.75) is 64.2 Å². The van der Waals surface area contributed by atoms with E-state index in [0.29, 0.717) is 6.04 Å². The highest BCUT2D eigenvalue weighted by Crippen LogP contribution is 2.56. The van der Waals surface area contributed by atoms with E-state index in [4.69, 9.17) is 5.26 Å². The molecule has 30 heavy (non-hydrogen) atoms. The number of nitrogens with zero attached hydrogens (tertiary/aromatic N) is 2. The fourth-order valence-electron chi connectivity index (χ4n) is 3.93. The molecule has 5 heteroatoms. The summed E-state index contributed by atoms with van der Waals surface area (Å²) in [7, 11) is 2.16. The zero-order valence-electron chi connectivity index (χ0n) is 18.0. The Bertz CT molecular complexity index is 794. The molecule has 0 aromatic heterocycles. The summed E-state index contributed by atoms with van der Waals surface area (Å²) in [6.45, 7) is 4.57. The first kappa shape index (κ1) is 24.0. The fourth-order valence-corrected chi connectivity index (χ4v) is 3.93. The van der Waals surface area contributed by atoms with E-state index in [-0.39, 0.29) is 12.3 Å². The maximum Gasteiger partial charge on any atom is 0.392 e. The molecular weight excluding hydrogens is 385 g/mol. The maximum absolute atomic E-state index is 12.7. The predicted octanol–water partition coefficient (Wildman–Crippen LogP) is 6.73. The van der Waals surface area contributed by atoms with Crippen molar-refractivity contribution in [3.8, 4) is 6.07 Å². The molecule has 0 radical (unpaired) electrons. The van der Waals surface area contributed by atoms with Crippen LogP contribution in [0.3, 0.4) is 0 Å². The highest BCUT2D eigenvalue weighted by atomic mass is 19.4. The van der Waals surface area contributed by atoms with Gasteiger partial charge in [-0.05, 0) is 55.3 Å². The van der Waals surface area contributed by atoms with Gasteiger partial charge in [0.15, 0.2) is 0 Å². The SMILES string of the molecule is CC#N.CCC(CCc1ccc(C2CC2C(F)(F)F)cc1)N(C)Cc1ccccc1. The lowest BCUT2D eigenvalue weighted by Gasteiger charge is -2.27. The molecule has 3 atom stereocenters. The van der Waals surface area contributed by atoms with E-state index in [1.54, 1.807) is 6.07 Å². The molecule has 2 nitrogen and oxygen atoms in total. The molecule has 1 fully saturated rings. The van der Waals surface area contributed by atoms with Gasteiger partial charge in [0.05, 0.1) is 12.0 Å². The molecule has 0 spiro atoms. The van der Waals surface area contributed by atoms with Gasteiger partial charge in [-0.2, -0.15) is 18.4 Å². The number of rotatable bonds is 8. The maximum atomic E-state index is 12.7. The van der Waals surface area contributed by atoms with Gasteiger partial charge >= 0.3 is 6.18 Å². The Morgan fingerprint density at radius 1 is 1.07 bits per heavy atom. The molecule has 0 N–H and O–H groups in total. The summed E-state index contributed by atoms with van der Waals surface area (Å²) in [6.07, 6.45) is -0.734. The van der Waals surface area contributed by atoms with Crippen molar-refractivity contribution < 1.29 is 13.2 Å². The predicted molar refractivity (Wildman–Crippen MR) is 115 cm³/mol. The lowest BCUT2D eigenvalue weighted by atomic mass is 10.00. The van der Waals surface area contributed by atoms with Gasteiger partial charge in [-0.25, -0.2) is 0 Å². The molecule has 3 rings (SSSR count). The minimum absolute atomic E-state index is 0.241. The number of aryl methyl sites for hydroxylation is 1. The third-order valence-electron chi connectivity index (χ3n) is 5.75. The van der Waals surface area contributed by atoms with Crippen LogP contribution in [0.2, 0.25) is 0 Å². The second-order valence-corrected chi connectivity index (χ2v) is 7.96. The number of hydrogen-bond acceptors (Lipinski definition) is 2. The first-order valence-electron chi connectivity index (χ1n) is 10.5. The van der Waals surface area contributed by atoms with Gasteiger partial charge in [0.1, 0.15) is 0 Å². The summed E-state index contributed by atoms with van der Waals surface area (Å²) < 4.78 is 38.2. The first-order valence-corrected chi connectivity index (χ1v) is 10.5. The molecule has 0 bridgehead atoms. The van der Waals surface area contributed by atoms with E-state index in [2.05, 4.69) is 43.1 Å². The summed E-state index contributed by atoms with van der Waals surface area (Å²) in [5, 5.41) is 7.32. The van der Waals surface area contributed by atoms with Gasteiger partial charge in [0.2, 0.25) is 0 Å². The van der Waals surface area contributed by atoms with Gasteiger partial charge in [-0.1, -0.05) is 61.5 Å². The van der Waals surface area contributed by atoms with Crippen LogP contribution in [-0.2, 0) is 13.0 Å². The Morgan fingerprint density at radius 3 is 2.17 bits per heavy atom. The van der Waals surface area contributed by atoms with Crippen molar-refractivity contribution >= 4 is 0 Å². The van der Waals surface area contributed by atoms with Crippen LogP contribution in [0.15, 0.2) is 54.6 Å². The van der Waals surface area contributed by atoms with Crippen molar-refractivity contribution in [2.75, 3.05) is 7.05 Å². The second kappa shape index (κ2) is 11.2. The van der Waals surface area contributed by atoms with Gasteiger partial charge in [0.25, 0.3) is 0 Å². The fraction of sp³-hybridized carbons (Fsp3) is 0.480. The van der Waals surface area contributed by atoms with E-state index < -0.39 is 12.1 Å². The molecule has 0 heterocycles. The van der Waals surface area contributed by atoms with Crippen LogP contribution in [0.5, 0.6) is 0 Å². The van der Waals surface area contributed by atoms with Gasteiger partial charge in [-0.15, -0.1) is 0 Å². The lowest BCUT2D eigenvalue weighted by Crippen LogP contribution is -2.31. The molecule has 2 aromatic carbocycles. The molecule has 162 valence electrons. The molecule has 1 saturated carbocycles. The lowest BCUT2D eigenvalue weighted by molar-refractivity contribution is -0.148. The Morgan fingerprint density at radius 2 is 1.67 bits per heavy atom. The van der Waals surface area contributed by atoms with E-state index in [1.165, 1.54) is 18.1 Å². The number of nitriles is 1. The first-order chi connectivity index (χ1) is 14.3. The van der Waals surface area contributed by atoms with E-state index in [9.17, 15) is 13.2 Å². The molecular formula is C25H31F3N2. The molecule has 0 aliphatic heterocycles. The quantitative estimate of drug-likeness (QED) is 0.477. The monoisotopic (exact) mass is 416 g/mol. The van der Waals surface area contributed by atoms with Gasteiger partial charge in [-0.3, -0.25) is 4.90 Å². The summed E-state index contributed by atoms with van der Waals surface area (Å²) in [6, 6.07) is 20.5. The minimum atomic E-state index is -4.05. The Hall–Kier alpha value is -2.32. The van der Waals surface area contributed by atoms with Crippen LogP contribution in [0.4, 0.5) is 13.2 Å². The van der Waals surface area contributed by atoms with E-state index >= 15 is 0 Å². The van der Waals surface area contributed by atoms with Crippen LogP contribution < -0.4 is 0 Å². The molecule has 2 aromatic rings. The second-order valence-electron chi connectivity index (χ2n) is 7.96. The minimum Gasteiger partial charge on any atom is -0.299 e. The van der Waals surface area contributed by atoms with Crippen LogP contribution in [-0.4, -0.2) is 24.2 Å². The highest BCUT2D eigenvalue weighted by Gasteiger charge is 2.55. The van der Waals surface area contributed by atoms with Crippen molar-refractivity contribution in [3.05, 3.63) is 71.3 Å². The number of alkyl halides is 3. The summed E-state index contributed by atoms with van der Waals surface area (Å²) in [4.78, 5) is 2.39. The van der Waals surface area contributed by atoms with E-state index in [1.807, 2.05) is 30.3 Å². The zero-order valence-corrected chi connectivity index (χ0v) is 18.0. The Labute approximate surface area is 178 Å². The topological polar surface area (TPSA) is 27.0 Å². The summed E-state index contributed by atoms with van der Waals surface area (Å²) in [5.74, 6) is -1.47. The van der Waals surface area contributed by atoms with Crippen LogP contribution in [0, 0.1) is 17.2 Å². The van der Waals surface area contributed by atoms with Crippen molar-refractivity contribution in [1.29, 1.82) is 5.26 Å². The normalized spacial score (nSPS) is 18.9. The van der Waals surface area contributed by atoms with E-state index in [0.717, 1.165) is 31.4 Å². The third-order valence-corrected chi connectivity index (χ3v) is 5.75. The average molecular weight is 417 g/mol. The zero-order chi connectivity index (χ0) is 22.1. The van der Waals surface area contributed by atoms with Crippen LogP contribution in [0.25, 0.3) is 0 Å². The van der Waals surface area contributed by atoms with Crippen LogP contribution >= 0.6 is 0 Å². The molecule has 3 unspecified atom stereocenters. The summed E-state index contributed by atoms with van der Waals surface area (Å²) in [5.41, 5.74) is 3.34. The molecule has 1 aliphatic rings. The van der Waals surface area contributed by atoms with Crippen molar-refractivity contribution in [1.82, 2.24) is 4.90 Å². The summed E-state index contributed by atoms with van der Waals surface area (Å²) >= 11 is 0. The third kappa shape index (κ3) is 7.18. The Kier molecular flexibility index (Phi) is 8.92. The largest absolute Gasteiger partial charge is 0.392 e. The molecule has 1 aliphatic carbocycles. The smallest absolute Gasteiger partial charge is 0.299 e. The van der Waals surface area contributed by atoms with Gasteiger partial charge in [0, 0.05) is 19.5 Å². The van der Waals surface area contributed by atoms with Crippen molar-refractivity contribution in [3.63, 3.8) is 0 Å².